The van der Waals surface area contributed by atoms with E-state index < -0.39 is 11.9 Å². The summed E-state index contributed by atoms with van der Waals surface area (Å²) in [6.45, 7) is 3.84. The van der Waals surface area contributed by atoms with Crippen LogP contribution < -0.4 is 5.32 Å². The van der Waals surface area contributed by atoms with Gasteiger partial charge in [-0.05, 0) is 35.6 Å². The molecular formula is C23H30ClFN4O4. The molecule has 180 valence electrons. The van der Waals surface area contributed by atoms with E-state index in [-0.39, 0.29) is 30.2 Å². The van der Waals surface area contributed by atoms with E-state index in [9.17, 15) is 14.3 Å². The molecule has 33 heavy (non-hydrogen) atoms. The number of halogens is 2. The smallest absolute Gasteiger partial charge is 0.318 e. The van der Waals surface area contributed by atoms with E-state index in [1.54, 1.807) is 18.1 Å². The highest BCUT2D eigenvalue weighted by molar-refractivity contribution is 6.30. The van der Waals surface area contributed by atoms with Gasteiger partial charge in [0, 0.05) is 32.9 Å². The molecule has 2 heterocycles. The molecule has 10 heteroatoms. The predicted molar refractivity (Wildman–Crippen MR) is 121 cm³/mol. The van der Waals surface area contributed by atoms with Crippen molar-refractivity contribution in [1.82, 2.24) is 20.2 Å². The number of nitrogens with one attached hydrogen (secondary N) is 1. The first-order valence-corrected chi connectivity index (χ1v) is 11.3. The Kier molecular flexibility index (Phi) is 9.37. The van der Waals surface area contributed by atoms with Crippen molar-refractivity contribution >= 4 is 17.6 Å². The fourth-order valence-electron chi connectivity index (χ4n) is 3.53. The largest absolute Gasteiger partial charge is 0.396 e. The number of rotatable bonds is 10. The molecule has 1 aliphatic heterocycles. The molecule has 2 amide bonds. The third-order valence-corrected chi connectivity index (χ3v) is 5.78. The number of ether oxygens (including phenoxy) is 2. The van der Waals surface area contributed by atoms with Crippen molar-refractivity contribution in [3.63, 3.8) is 0 Å². The van der Waals surface area contributed by atoms with Gasteiger partial charge in [-0.15, -0.1) is 0 Å². The number of aromatic nitrogens is 2. The average molecular weight is 481 g/mol. The number of methoxy groups -OCH3 is 1. The van der Waals surface area contributed by atoms with Gasteiger partial charge in [-0.3, -0.25) is 0 Å². The van der Waals surface area contributed by atoms with Gasteiger partial charge >= 0.3 is 6.03 Å². The number of hydrogen-bond donors (Lipinski definition) is 2. The van der Waals surface area contributed by atoms with Crippen LogP contribution in [0.3, 0.4) is 0 Å². The lowest BCUT2D eigenvalue weighted by atomic mass is 10.1. The van der Waals surface area contributed by atoms with Gasteiger partial charge in [0.05, 0.1) is 43.1 Å². The standard InChI is InChI=1S/C23H30ClFN4O4/c1-15(13-30)9-22-26-11-17-5-6-29(12-20(17)27-22)23(31)28-21(14-33-8-7-32-2)16-3-4-19(25)18(24)10-16/h3-4,10-11,15,21,30H,5-9,12-14H2,1-2H3,(H,28,31)/t15-,21-/m1/s1. The highest BCUT2D eigenvalue weighted by Gasteiger charge is 2.25. The molecule has 0 spiro atoms. The normalized spacial score (nSPS) is 15.1. The number of nitrogens with zero attached hydrogens (tertiary/aromatic N) is 3. The van der Waals surface area contributed by atoms with Crippen LogP contribution in [0.2, 0.25) is 5.02 Å². The van der Waals surface area contributed by atoms with Crippen molar-refractivity contribution in [2.24, 2.45) is 5.92 Å². The van der Waals surface area contributed by atoms with E-state index in [0.717, 1.165) is 11.3 Å². The van der Waals surface area contributed by atoms with Crippen molar-refractivity contribution in [1.29, 1.82) is 0 Å². The van der Waals surface area contributed by atoms with Gasteiger partial charge in [-0.25, -0.2) is 19.2 Å². The molecule has 0 unspecified atom stereocenters. The quantitative estimate of drug-likeness (QED) is 0.507. The molecule has 0 saturated carbocycles. The van der Waals surface area contributed by atoms with E-state index in [4.69, 9.17) is 21.1 Å². The Morgan fingerprint density at radius 1 is 1.39 bits per heavy atom. The van der Waals surface area contributed by atoms with E-state index >= 15 is 0 Å². The number of urea groups is 1. The van der Waals surface area contributed by atoms with Gasteiger partial charge in [0.15, 0.2) is 0 Å². The molecule has 2 aromatic rings. The number of benzene rings is 1. The molecule has 0 bridgehead atoms. The minimum absolute atomic E-state index is 0.0168. The van der Waals surface area contributed by atoms with Crippen LogP contribution in [0.4, 0.5) is 9.18 Å². The number of aliphatic hydroxyl groups is 1. The summed E-state index contributed by atoms with van der Waals surface area (Å²) < 4.78 is 24.3. The Morgan fingerprint density at radius 3 is 2.94 bits per heavy atom. The summed E-state index contributed by atoms with van der Waals surface area (Å²) in [5, 5.41) is 12.2. The van der Waals surface area contributed by atoms with Crippen LogP contribution in [-0.4, -0.2) is 66.1 Å². The van der Waals surface area contributed by atoms with Gasteiger partial charge in [0.1, 0.15) is 11.6 Å². The molecule has 0 radical (unpaired) electrons. The number of carbonyl (C=O) groups excluding carboxylic acids is 1. The lowest BCUT2D eigenvalue weighted by molar-refractivity contribution is 0.0586. The number of aliphatic hydroxyl groups excluding tert-OH is 1. The first-order valence-electron chi connectivity index (χ1n) is 10.9. The van der Waals surface area contributed by atoms with E-state index in [0.29, 0.717) is 50.5 Å². The lowest BCUT2D eigenvalue weighted by Gasteiger charge is -2.30. The summed E-state index contributed by atoms with van der Waals surface area (Å²) in [7, 11) is 1.58. The van der Waals surface area contributed by atoms with E-state index in [2.05, 4.69) is 15.3 Å². The van der Waals surface area contributed by atoms with Crippen LogP contribution in [0, 0.1) is 11.7 Å². The molecule has 3 rings (SSSR count). The zero-order valence-corrected chi connectivity index (χ0v) is 19.6. The van der Waals surface area contributed by atoms with Crippen LogP contribution in [0.25, 0.3) is 0 Å². The molecule has 1 aromatic heterocycles. The van der Waals surface area contributed by atoms with Gasteiger partial charge < -0.3 is 24.8 Å². The second-order valence-electron chi connectivity index (χ2n) is 8.16. The van der Waals surface area contributed by atoms with E-state index in [1.807, 2.05) is 13.1 Å². The van der Waals surface area contributed by atoms with Gasteiger partial charge in [-0.2, -0.15) is 0 Å². The zero-order chi connectivity index (χ0) is 23.8. The molecular weight excluding hydrogens is 451 g/mol. The second-order valence-corrected chi connectivity index (χ2v) is 8.57. The van der Waals surface area contributed by atoms with Crippen molar-refractivity contribution in [2.45, 2.75) is 32.4 Å². The Bertz CT molecular complexity index is 949. The van der Waals surface area contributed by atoms with Gasteiger partial charge in [-0.1, -0.05) is 24.6 Å². The SMILES string of the molecule is COCCOC[C@@H](NC(=O)N1CCc2cnc(C[C@@H](C)CO)nc2C1)c1ccc(F)c(Cl)c1. The fourth-order valence-corrected chi connectivity index (χ4v) is 3.72. The Morgan fingerprint density at radius 2 is 2.21 bits per heavy atom. The van der Waals surface area contributed by atoms with Crippen LogP contribution >= 0.6 is 11.6 Å². The molecule has 1 aliphatic rings. The summed E-state index contributed by atoms with van der Waals surface area (Å²) in [5.74, 6) is 0.194. The monoisotopic (exact) mass is 480 g/mol. The minimum atomic E-state index is -0.524. The Hall–Kier alpha value is -2.33. The zero-order valence-electron chi connectivity index (χ0n) is 18.9. The van der Waals surface area contributed by atoms with Crippen molar-refractivity contribution < 1.29 is 23.8 Å². The fraction of sp³-hybridized carbons (Fsp3) is 0.522. The molecule has 0 saturated heterocycles. The molecule has 0 fully saturated rings. The third-order valence-electron chi connectivity index (χ3n) is 5.49. The maximum atomic E-state index is 13.6. The van der Waals surface area contributed by atoms with Gasteiger partial charge in [0.2, 0.25) is 0 Å². The Balaban J connectivity index is 1.70. The molecule has 2 atom stereocenters. The number of fused-ring (bicyclic) bond motifs is 1. The van der Waals surface area contributed by atoms with Crippen LogP contribution in [0.15, 0.2) is 24.4 Å². The minimum Gasteiger partial charge on any atom is -0.396 e. The molecule has 2 N–H and O–H groups in total. The molecule has 1 aromatic carbocycles. The summed E-state index contributed by atoms with van der Waals surface area (Å²) in [6.07, 6.45) is 3.03. The summed E-state index contributed by atoms with van der Waals surface area (Å²) in [4.78, 5) is 23.8. The van der Waals surface area contributed by atoms with Crippen molar-refractivity contribution in [3.8, 4) is 0 Å². The number of amides is 2. The maximum Gasteiger partial charge on any atom is 0.318 e. The molecule has 0 aliphatic carbocycles. The highest BCUT2D eigenvalue weighted by atomic mass is 35.5. The summed E-state index contributed by atoms with van der Waals surface area (Å²) >= 11 is 5.96. The van der Waals surface area contributed by atoms with Crippen LogP contribution in [0.5, 0.6) is 0 Å². The maximum absolute atomic E-state index is 13.6. The average Bonchev–Trinajstić information content (AvgIpc) is 2.82. The predicted octanol–water partition coefficient (Wildman–Crippen LogP) is 2.91. The lowest BCUT2D eigenvalue weighted by Crippen LogP contribution is -2.45. The van der Waals surface area contributed by atoms with E-state index in [1.165, 1.54) is 12.1 Å². The summed E-state index contributed by atoms with van der Waals surface area (Å²) in [6, 6.07) is 3.56. The third kappa shape index (κ3) is 7.07. The topological polar surface area (TPSA) is 96.8 Å². The Labute approximate surface area is 198 Å². The van der Waals surface area contributed by atoms with Gasteiger partial charge in [0.25, 0.3) is 0 Å². The summed E-state index contributed by atoms with van der Waals surface area (Å²) in [5.41, 5.74) is 2.47. The molecule has 8 nitrogen and oxygen atoms in total. The van der Waals surface area contributed by atoms with Crippen molar-refractivity contribution in [3.05, 3.63) is 57.9 Å². The van der Waals surface area contributed by atoms with Crippen LogP contribution in [0.1, 0.15) is 35.6 Å². The second kappa shape index (κ2) is 12.2. The highest BCUT2D eigenvalue weighted by Crippen LogP contribution is 2.23. The first-order chi connectivity index (χ1) is 15.9. The first kappa shape index (κ1) is 25.3. The number of carbonyl (C=O) groups is 1. The van der Waals surface area contributed by atoms with Crippen LogP contribution in [-0.2, 0) is 28.9 Å². The number of hydrogen-bond acceptors (Lipinski definition) is 6. The van der Waals surface area contributed by atoms with Crippen molar-refractivity contribution in [2.75, 3.05) is 40.1 Å².